The summed E-state index contributed by atoms with van der Waals surface area (Å²) in [4.78, 5) is 0. The maximum Gasteiger partial charge on any atom is 0.419 e. The molecular formula is C17H15F6O3P. The Morgan fingerprint density at radius 3 is 1.26 bits per heavy atom. The molecule has 0 aliphatic carbocycles. The van der Waals surface area contributed by atoms with Crippen molar-refractivity contribution in [2.75, 3.05) is 6.66 Å². The summed E-state index contributed by atoms with van der Waals surface area (Å²) in [5, 5.41) is 0. The van der Waals surface area contributed by atoms with Crippen LogP contribution in [-0.2, 0) is 13.6 Å². The largest absolute Gasteiger partial charge is 0.419 e. The molecule has 0 amide bonds. The van der Waals surface area contributed by atoms with Crippen LogP contribution >= 0.6 is 7.60 Å². The molecule has 0 N–H and O–H groups in total. The van der Waals surface area contributed by atoms with Crippen molar-refractivity contribution >= 4 is 7.60 Å². The molecule has 27 heavy (non-hydrogen) atoms. The van der Waals surface area contributed by atoms with E-state index in [4.69, 9.17) is 0 Å². The summed E-state index contributed by atoms with van der Waals surface area (Å²) in [5.41, 5.74) is -0.808. The number of alkyl halides is 6. The highest BCUT2D eigenvalue weighted by atomic mass is 31.2. The van der Waals surface area contributed by atoms with E-state index in [1.54, 1.807) is 0 Å². The molecule has 0 aliphatic rings. The third-order valence-electron chi connectivity index (χ3n) is 3.39. The van der Waals surface area contributed by atoms with Gasteiger partial charge >= 0.3 is 19.9 Å². The van der Waals surface area contributed by atoms with Crippen LogP contribution in [0, 0.1) is 0 Å². The van der Waals surface area contributed by atoms with Crippen molar-refractivity contribution in [2.24, 2.45) is 0 Å². The van der Waals surface area contributed by atoms with Gasteiger partial charge in [0, 0.05) is 6.66 Å². The van der Waals surface area contributed by atoms with E-state index < -0.39 is 43.3 Å². The summed E-state index contributed by atoms with van der Waals surface area (Å²) in [7, 11) is -4.77. The van der Waals surface area contributed by atoms with Crippen molar-refractivity contribution in [1.82, 2.24) is 0 Å². The summed E-state index contributed by atoms with van der Waals surface area (Å²) in [6.45, 7) is 0.580. The van der Waals surface area contributed by atoms with Crippen molar-refractivity contribution < 1.29 is 40.0 Å². The number of halogens is 6. The summed E-state index contributed by atoms with van der Waals surface area (Å²) < 4.78 is 101. The van der Waals surface area contributed by atoms with Crippen molar-refractivity contribution in [3.05, 3.63) is 71.8 Å². The Hall–Kier alpha value is -1.83. The predicted molar refractivity (Wildman–Crippen MR) is 86.2 cm³/mol. The first-order valence-corrected chi connectivity index (χ1v) is 9.57. The second-order valence-corrected chi connectivity index (χ2v) is 7.61. The molecular weight excluding hydrogens is 397 g/mol. The normalized spacial score (nSPS) is 17.1. The number of rotatable bonds is 6. The van der Waals surface area contributed by atoms with Gasteiger partial charge in [0.15, 0.2) is 12.2 Å². The van der Waals surface area contributed by atoms with E-state index >= 15 is 0 Å². The van der Waals surface area contributed by atoms with Gasteiger partial charge in [0.2, 0.25) is 0 Å². The number of hydrogen-bond acceptors (Lipinski definition) is 3. The summed E-state index contributed by atoms with van der Waals surface area (Å²) in [6, 6.07) is 12.3. The predicted octanol–water partition coefficient (Wildman–Crippen LogP) is 6.45. The van der Waals surface area contributed by atoms with Crippen LogP contribution in [0.25, 0.3) is 0 Å². The van der Waals surface area contributed by atoms with E-state index in [0.29, 0.717) is 6.66 Å². The Kier molecular flexibility index (Phi) is 6.39. The molecule has 10 heteroatoms. The lowest BCUT2D eigenvalue weighted by molar-refractivity contribution is -0.213. The third-order valence-corrected chi connectivity index (χ3v) is 4.58. The van der Waals surface area contributed by atoms with Crippen LogP contribution in [0.3, 0.4) is 0 Å². The highest BCUT2D eigenvalue weighted by Gasteiger charge is 2.49. The fraction of sp³-hybridized carbons (Fsp3) is 0.294. The van der Waals surface area contributed by atoms with Gasteiger partial charge in [-0.2, -0.15) is 26.3 Å². The summed E-state index contributed by atoms with van der Waals surface area (Å²) >= 11 is 0. The molecule has 0 spiro atoms. The first-order valence-electron chi connectivity index (χ1n) is 7.58. The molecule has 2 aromatic carbocycles. The summed E-state index contributed by atoms with van der Waals surface area (Å²) in [5.74, 6) is 0. The number of hydrogen-bond donors (Lipinski definition) is 0. The van der Waals surface area contributed by atoms with Crippen molar-refractivity contribution in [3.8, 4) is 0 Å². The van der Waals surface area contributed by atoms with Gasteiger partial charge in [0.1, 0.15) is 0 Å². The van der Waals surface area contributed by atoms with E-state index in [0.717, 1.165) is 24.3 Å². The Morgan fingerprint density at radius 2 is 1.00 bits per heavy atom. The zero-order valence-corrected chi connectivity index (χ0v) is 14.8. The molecule has 2 atom stereocenters. The minimum absolute atomic E-state index is 0.404. The molecule has 2 rings (SSSR count). The van der Waals surface area contributed by atoms with Gasteiger partial charge in [-0.25, -0.2) is 0 Å². The van der Waals surface area contributed by atoms with Gasteiger partial charge in [0.05, 0.1) is 0 Å². The monoisotopic (exact) mass is 412 g/mol. The van der Waals surface area contributed by atoms with Crippen LogP contribution < -0.4 is 0 Å². The van der Waals surface area contributed by atoms with Gasteiger partial charge < -0.3 is 0 Å². The van der Waals surface area contributed by atoms with E-state index in [9.17, 15) is 30.9 Å². The maximum atomic E-state index is 13.3. The van der Waals surface area contributed by atoms with Gasteiger partial charge in [-0.3, -0.25) is 13.6 Å². The molecule has 0 heterocycles. The summed E-state index contributed by atoms with van der Waals surface area (Å²) in [6.07, 6.45) is -15.4. The first-order chi connectivity index (χ1) is 12.4. The average molecular weight is 412 g/mol. The zero-order chi connectivity index (χ0) is 20.3. The molecule has 0 radical (unpaired) electrons. The molecule has 0 saturated carbocycles. The molecule has 0 saturated heterocycles. The van der Waals surface area contributed by atoms with Gasteiger partial charge in [-0.1, -0.05) is 60.7 Å². The Labute approximate surface area is 151 Å². The molecule has 0 fully saturated rings. The third kappa shape index (κ3) is 6.09. The molecule has 0 bridgehead atoms. The first kappa shape index (κ1) is 21.5. The molecule has 148 valence electrons. The van der Waals surface area contributed by atoms with Crippen molar-refractivity contribution in [2.45, 2.75) is 24.6 Å². The van der Waals surface area contributed by atoms with Gasteiger partial charge in [0.25, 0.3) is 0 Å². The molecule has 2 aromatic rings. The number of benzene rings is 2. The van der Waals surface area contributed by atoms with E-state index in [2.05, 4.69) is 9.05 Å². The SMILES string of the molecule is CP(=O)(OC(c1ccccc1)C(F)(F)F)OC(c1ccccc1)C(F)(F)F. The standard InChI is InChI=1S/C17H15F6O3P/c1-27(24,25-14(16(18,19)20)12-8-4-2-5-9-12)26-15(17(21,22)23)13-10-6-3-7-11-13/h2-11,14-15H,1H3. The minimum Gasteiger partial charge on any atom is -0.291 e. The fourth-order valence-corrected chi connectivity index (χ4v) is 3.58. The van der Waals surface area contributed by atoms with Crippen LogP contribution in [0.1, 0.15) is 23.3 Å². The molecule has 3 nitrogen and oxygen atoms in total. The fourth-order valence-electron chi connectivity index (χ4n) is 2.28. The Balaban J connectivity index is 2.31. The highest BCUT2D eigenvalue weighted by Crippen LogP contribution is 2.57. The second kappa shape index (κ2) is 8.04. The average Bonchev–Trinajstić information content (AvgIpc) is 2.57. The minimum atomic E-state index is -5.00. The highest BCUT2D eigenvalue weighted by molar-refractivity contribution is 7.53. The van der Waals surface area contributed by atoms with Crippen LogP contribution in [-0.4, -0.2) is 19.0 Å². The molecule has 0 aromatic heterocycles. The van der Waals surface area contributed by atoms with E-state index in [1.807, 2.05) is 0 Å². The lowest BCUT2D eigenvalue weighted by Crippen LogP contribution is -2.26. The van der Waals surface area contributed by atoms with E-state index in [1.165, 1.54) is 36.4 Å². The smallest absolute Gasteiger partial charge is 0.291 e. The van der Waals surface area contributed by atoms with Crippen LogP contribution in [0.4, 0.5) is 26.3 Å². The lowest BCUT2D eigenvalue weighted by Gasteiger charge is -2.28. The quantitative estimate of drug-likeness (QED) is 0.404. The van der Waals surface area contributed by atoms with Crippen LogP contribution in [0.5, 0.6) is 0 Å². The van der Waals surface area contributed by atoms with Crippen LogP contribution in [0.2, 0.25) is 0 Å². The molecule has 0 aliphatic heterocycles. The van der Waals surface area contributed by atoms with Crippen LogP contribution in [0.15, 0.2) is 60.7 Å². The van der Waals surface area contributed by atoms with Crippen molar-refractivity contribution in [1.29, 1.82) is 0 Å². The van der Waals surface area contributed by atoms with Crippen molar-refractivity contribution in [3.63, 3.8) is 0 Å². The zero-order valence-electron chi connectivity index (χ0n) is 13.9. The second-order valence-electron chi connectivity index (χ2n) is 5.65. The Morgan fingerprint density at radius 1 is 0.704 bits per heavy atom. The Bertz CT molecular complexity index is 713. The topological polar surface area (TPSA) is 35.5 Å². The van der Waals surface area contributed by atoms with Gasteiger partial charge in [-0.15, -0.1) is 0 Å². The molecule has 2 unspecified atom stereocenters. The van der Waals surface area contributed by atoms with E-state index in [-0.39, 0.29) is 0 Å². The lowest BCUT2D eigenvalue weighted by atomic mass is 10.1. The maximum absolute atomic E-state index is 13.3. The van der Waals surface area contributed by atoms with Gasteiger partial charge in [-0.05, 0) is 11.1 Å².